The number of nitrogens with zero attached hydrogens (tertiary/aromatic N) is 1. The van der Waals surface area contributed by atoms with E-state index in [1.165, 1.54) is 18.4 Å². The molecule has 0 radical (unpaired) electrons. The average Bonchev–Trinajstić information content (AvgIpc) is 2.57. The Balaban J connectivity index is 0.00000208. The van der Waals surface area contributed by atoms with E-state index in [2.05, 4.69) is 53.5 Å². The van der Waals surface area contributed by atoms with Gasteiger partial charge in [0, 0.05) is 24.9 Å². The van der Waals surface area contributed by atoms with Crippen molar-refractivity contribution in [2.24, 2.45) is 0 Å². The van der Waals surface area contributed by atoms with Crippen LogP contribution in [-0.4, -0.2) is 9.88 Å². The number of fused-ring (bicyclic) bond motifs is 1. The molecule has 3 heteroatoms. The Morgan fingerprint density at radius 3 is 2.78 bits per heavy atom. The maximum absolute atomic E-state index is 11.8. The fraction of sp³-hybridized carbons (Fsp3) is 0.350. The van der Waals surface area contributed by atoms with Gasteiger partial charge in [0.2, 0.25) is 0 Å². The molecule has 1 N–H and O–H groups in total. The minimum atomic E-state index is -0.00493. The summed E-state index contributed by atoms with van der Waals surface area (Å²) in [4.78, 5) is 17.0. The van der Waals surface area contributed by atoms with E-state index in [1.54, 1.807) is 0 Å². The van der Waals surface area contributed by atoms with E-state index in [9.17, 15) is 4.79 Å². The Labute approximate surface area is 138 Å². The molecule has 23 heavy (non-hydrogen) atoms. The number of benzene rings is 1. The number of aryl methyl sites for hydroxylation is 1. The molecule has 1 aliphatic rings. The molecule has 0 fully saturated rings. The lowest BCUT2D eigenvalue weighted by molar-refractivity contribution is 0.341. The van der Waals surface area contributed by atoms with Gasteiger partial charge in [-0.2, -0.15) is 0 Å². The van der Waals surface area contributed by atoms with E-state index < -0.39 is 0 Å². The third-order valence-corrected chi connectivity index (χ3v) is 4.46. The second kappa shape index (κ2) is 6.86. The van der Waals surface area contributed by atoms with Crippen molar-refractivity contribution in [3.63, 3.8) is 0 Å². The number of hydrogen-bond donors (Lipinski definition) is 1. The molecule has 0 saturated heterocycles. The number of H-pyrrole nitrogens is 1. The molecule has 1 aromatic heterocycles. The summed E-state index contributed by atoms with van der Waals surface area (Å²) in [5, 5.41) is 1.10. The van der Waals surface area contributed by atoms with Gasteiger partial charge in [-0.3, -0.25) is 4.79 Å². The highest BCUT2D eigenvalue weighted by atomic mass is 16.1. The predicted molar refractivity (Wildman–Crippen MR) is 98.4 cm³/mol. The molecule has 1 atom stereocenters. The SMILES string of the molecule is CCCCC(c1ccc2[nH]c(=O)c(C)cc2c1)N1C=CCC=C1.[HH]. The van der Waals surface area contributed by atoms with Crippen molar-refractivity contribution in [1.82, 2.24) is 9.88 Å². The van der Waals surface area contributed by atoms with Crippen molar-refractivity contribution in [2.45, 2.75) is 45.6 Å². The molecule has 1 aliphatic heterocycles. The fourth-order valence-electron chi connectivity index (χ4n) is 3.13. The molecule has 0 amide bonds. The average molecular weight is 310 g/mol. The van der Waals surface area contributed by atoms with Crippen molar-refractivity contribution in [2.75, 3.05) is 0 Å². The van der Waals surface area contributed by atoms with E-state index >= 15 is 0 Å². The molecule has 3 rings (SSSR count). The number of rotatable bonds is 5. The topological polar surface area (TPSA) is 36.1 Å². The molecule has 0 spiro atoms. The van der Waals surface area contributed by atoms with Crippen LogP contribution in [0, 0.1) is 6.92 Å². The third kappa shape index (κ3) is 3.39. The van der Waals surface area contributed by atoms with Crippen LogP contribution in [0.2, 0.25) is 0 Å². The zero-order valence-corrected chi connectivity index (χ0v) is 13.9. The number of unbranched alkanes of at least 4 members (excludes halogenated alkanes) is 1. The molecule has 0 bridgehead atoms. The summed E-state index contributed by atoms with van der Waals surface area (Å²) >= 11 is 0. The standard InChI is InChI=1S/C20H24N2O.H2/c1-3-4-8-19(22-11-6-5-7-12-22)16-9-10-18-17(14-16)13-15(2)20(23)21-18;/h6-7,9-14,19H,3-5,8H2,1-2H3,(H,21,23);1H. The van der Waals surface area contributed by atoms with Crippen LogP contribution in [0.3, 0.4) is 0 Å². The minimum absolute atomic E-state index is 0. The number of hydrogen-bond acceptors (Lipinski definition) is 2. The lowest BCUT2D eigenvalue weighted by Gasteiger charge is -2.30. The van der Waals surface area contributed by atoms with Gasteiger partial charge < -0.3 is 9.88 Å². The summed E-state index contributed by atoms with van der Waals surface area (Å²) in [7, 11) is 0. The van der Waals surface area contributed by atoms with Crippen LogP contribution in [0.4, 0.5) is 0 Å². The van der Waals surface area contributed by atoms with Crippen LogP contribution in [0.15, 0.2) is 53.6 Å². The zero-order valence-electron chi connectivity index (χ0n) is 13.9. The summed E-state index contributed by atoms with van der Waals surface area (Å²) in [6.45, 7) is 4.09. The largest absolute Gasteiger partial charge is 0.348 e. The van der Waals surface area contributed by atoms with E-state index in [0.29, 0.717) is 6.04 Å². The molecule has 3 nitrogen and oxygen atoms in total. The summed E-state index contributed by atoms with van der Waals surface area (Å²) in [5.41, 5.74) is 2.96. The Bertz CT molecular complexity index is 795. The molecule has 0 aliphatic carbocycles. The van der Waals surface area contributed by atoms with Gasteiger partial charge in [0.25, 0.3) is 5.56 Å². The molecule has 122 valence electrons. The highest BCUT2D eigenvalue weighted by molar-refractivity contribution is 5.79. The van der Waals surface area contributed by atoms with E-state index in [-0.39, 0.29) is 6.99 Å². The molecular weight excluding hydrogens is 284 g/mol. The Hall–Kier alpha value is -2.29. The van der Waals surface area contributed by atoms with Gasteiger partial charge in [0.1, 0.15) is 0 Å². The van der Waals surface area contributed by atoms with Crippen LogP contribution < -0.4 is 5.56 Å². The van der Waals surface area contributed by atoms with Crippen LogP contribution >= 0.6 is 0 Å². The normalized spacial score (nSPS) is 15.3. The lowest BCUT2D eigenvalue weighted by Crippen LogP contribution is -2.19. The van der Waals surface area contributed by atoms with Gasteiger partial charge in [-0.05, 0) is 48.9 Å². The number of nitrogens with one attached hydrogen (secondary N) is 1. The summed E-state index contributed by atoms with van der Waals surface area (Å²) < 4.78 is 0. The van der Waals surface area contributed by atoms with E-state index in [4.69, 9.17) is 0 Å². The minimum Gasteiger partial charge on any atom is -0.348 e. The zero-order chi connectivity index (χ0) is 16.2. The molecule has 2 heterocycles. The summed E-state index contributed by atoms with van der Waals surface area (Å²) in [6, 6.07) is 8.72. The van der Waals surface area contributed by atoms with Crippen molar-refractivity contribution in [3.05, 3.63) is 70.3 Å². The van der Waals surface area contributed by atoms with E-state index in [0.717, 1.165) is 29.3 Å². The number of allylic oxidation sites excluding steroid dienone is 2. The van der Waals surface area contributed by atoms with Gasteiger partial charge in [-0.15, -0.1) is 0 Å². The van der Waals surface area contributed by atoms with Gasteiger partial charge in [-0.25, -0.2) is 0 Å². The molecule has 1 unspecified atom stereocenters. The molecule has 0 saturated carbocycles. The quantitative estimate of drug-likeness (QED) is 0.839. The summed E-state index contributed by atoms with van der Waals surface area (Å²) in [5.74, 6) is 0. The predicted octanol–water partition coefficient (Wildman–Crippen LogP) is 5.05. The van der Waals surface area contributed by atoms with E-state index in [1.807, 2.05) is 19.1 Å². The van der Waals surface area contributed by atoms with Gasteiger partial charge in [-0.1, -0.05) is 38.0 Å². The first-order valence-corrected chi connectivity index (χ1v) is 8.43. The lowest BCUT2D eigenvalue weighted by atomic mass is 9.97. The Morgan fingerprint density at radius 1 is 1.26 bits per heavy atom. The highest BCUT2D eigenvalue weighted by Gasteiger charge is 2.17. The van der Waals surface area contributed by atoms with Crippen LogP contribution in [-0.2, 0) is 0 Å². The monoisotopic (exact) mass is 310 g/mol. The smallest absolute Gasteiger partial charge is 0.251 e. The van der Waals surface area contributed by atoms with Crippen molar-refractivity contribution in [1.29, 1.82) is 0 Å². The summed E-state index contributed by atoms with van der Waals surface area (Å²) in [6.07, 6.45) is 13.3. The first-order chi connectivity index (χ1) is 11.2. The first kappa shape index (κ1) is 15.6. The van der Waals surface area contributed by atoms with Gasteiger partial charge in [0.15, 0.2) is 0 Å². The van der Waals surface area contributed by atoms with Crippen molar-refractivity contribution in [3.8, 4) is 0 Å². The van der Waals surface area contributed by atoms with Crippen LogP contribution in [0.25, 0.3) is 10.9 Å². The second-order valence-corrected chi connectivity index (χ2v) is 6.24. The van der Waals surface area contributed by atoms with Crippen LogP contribution in [0.5, 0.6) is 0 Å². The maximum atomic E-state index is 11.8. The highest BCUT2D eigenvalue weighted by Crippen LogP contribution is 2.30. The Kier molecular flexibility index (Phi) is 4.65. The van der Waals surface area contributed by atoms with Crippen molar-refractivity contribution >= 4 is 10.9 Å². The third-order valence-electron chi connectivity index (χ3n) is 4.46. The Morgan fingerprint density at radius 2 is 2.04 bits per heavy atom. The fourth-order valence-corrected chi connectivity index (χ4v) is 3.13. The maximum Gasteiger partial charge on any atom is 0.251 e. The molecule has 2 aromatic rings. The van der Waals surface area contributed by atoms with Crippen LogP contribution in [0.1, 0.15) is 51.2 Å². The van der Waals surface area contributed by atoms with Gasteiger partial charge >= 0.3 is 0 Å². The van der Waals surface area contributed by atoms with Crippen molar-refractivity contribution < 1.29 is 1.43 Å². The molecule has 1 aromatic carbocycles. The number of aromatic nitrogens is 1. The number of pyridine rings is 1. The van der Waals surface area contributed by atoms with Gasteiger partial charge in [0.05, 0.1) is 6.04 Å². The molecular formula is C20H26N2O. The second-order valence-electron chi connectivity index (χ2n) is 6.24. The first-order valence-electron chi connectivity index (χ1n) is 8.43. The number of aromatic amines is 1.